The molecule has 0 bridgehead atoms. The SMILES string of the molecule is Cc1cccc(C)c1-n1ncc(C#N)c1C(C)C. The maximum Gasteiger partial charge on any atom is 0.103 e. The van der Waals surface area contributed by atoms with Gasteiger partial charge >= 0.3 is 0 Å². The number of hydrogen-bond acceptors (Lipinski definition) is 2. The van der Waals surface area contributed by atoms with E-state index in [1.807, 2.05) is 10.7 Å². The van der Waals surface area contributed by atoms with E-state index < -0.39 is 0 Å². The maximum absolute atomic E-state index is 9.16. The van der Waals surface area contributed by atoms with Gasteiger partial charge in [-0.2, -0.15) is 10.4 Å². The van der Waals surface area contributed by atoms with Gasteiger partial charge in [0.15, 0.2) is 0 Å². The van der Waals surface area contributed by atoms with Crippen LogP contribution in [0.1, 0.15) is 42.1 Å². The molecule has 0 atom stereocenters. The predicted octanol–water partition coefficient (Wildman–Crippen LogP) is 3.48. The summed E-state index contributed by atoms with van der Waals surface area (Å²) in [6.07, 6.45) is 1.65. The average molecular weight is 239 g/mol. The maximum atomic E-state index is 9.16. The van der Waals surface area contributed by atoms with Crippen molar-refractivity contribution >= 4 is 0 Å². The number of nitrogens with zero attached hydrogens (tertiary/aromatic N) is 3. The topological polar surface area (TPSA) is 41.6 Å². The summed E-state index contributed by atoms with van der Waals surface area (Å²) in [7, 11) is 0. The fraction of sp³-hybridized carbons (Fsp3) is 0.333. The van der Waals surface area contributed by atoms with Crippen LogP contribution in [0.3, 0.4) is 0 Å². The van der Waals surface area contributed by atoms with Crippen LogP contribution < -0.4 is 0 Å². The third-order valence-corrected chi connectivity index (χ3v) is 3.13. The highest BCUT2D eigenvalue weighted by Crippen LogP contribution is 2.26. The summed E-state index contributed by atoms with van der Waals surface area (Å²) in [4.78, 5) is 0. The lowest BCUT2D eigenvalue weighted by Crippen LogP contribution is -2.08. The van der Waals surface area contributed by atoms with Gasteiger partial charge in [0.05, 0.1) is 23.1 Å². The first-order valence-corrected chi connectivity index (χ1v) is 6.11. The van der Waals surface area contributed by atoms with E-state index in [0.29, 0.717) is 5.56 Å². The second kappa shape index (κ2) is 4.66. The van der Waals surface area contributed by atoms with Crippen LogP contribution in [-0.4, -0.2) is 9.78 Å². The van der Waals surface area contributed by atoms with Gasteiger partial charge in [0.2, 0.25) is 0 Å². The van der Waals surface area contributed by atoms with Crippen molar-refractivity contribution < 1.29 is 0 Å². The molecule has 92 valence electrons. The second-order valence-corrected chi connectivity index (χ2v) is 4.86. The number of para-hydroxylation sites is 1. The Kier molecular flexibility index (Phi) is 3.20. The molecule has 1 aromatic heterocycles. The molecular formula is C15H17N3. The van der Waals surface area contributed by atoms with Gasteiger partial charge < -0.3 is 0 Å². The number of aryl methyl sites for hydroxylation is 2. The van der Waals surface area contributed by atoms with Gasteiger partial charge in [-0.1, -0.05) is 32.0 Å². The fourth-order valence-electron chi connectivity index (χ4n) is 2.32. The highest BCUT2D eigenvalue weighted by molar-refractivity contribution is 5.49. The smallest absolute Gasteiger partial charge is 0.103 e. The van der Waals surface area contributed by atoms with Crippen LogP contribution in [0.2, 0.25) is 0 Å². The van der Waals surface area contributed by atoms with Crippen molar-refractivity contribution in [3.05, 3.63) is 46.8 Å². The first kappa shape index (κ1) is 12.4. The van der Waals surface area contributed by atoms with E-state index in [1.165, 1.54) is 11.1 Å². The highest BCUT2D eigenvalue weighted by atomic mass is 15.3. The molecule has 18 heavy (non-hydrogen) atoms. The zero-order valence-electron chi connectivity index (χ0n) is 11.2. The van der Waals surface area contributed by atoms with Gasteiger partial charge in [-0.25, -0.2) is 4.68 Å². The Labute approximate surface area is 108 Å². The van der Waals surface area contributed by atoms with Crippen molar-refractivity contribution in [2.75, 3.05) is 0 Å². The third-order valence-electron chi connectivity index (χ3n) is 3.13. The number of rotatable bonds is 2. The first-order chi connectivity index (χ1) is 8.56. The lowest BCUT2D eigenvalue weighted by atomic mass is 10.0. The zero-order chi connectivity index (χ0) is 13.3. The van der Waals surface area contributed by atoms with Crippen molar-refractivity contribution in [1.29, 1.82) is 5.26 Å². The molecule has 0 N–H and O–H groups in total. The van der Waals surface area contributed by atoms with E-state index in [2.05, 4.69) is 51.0 Å². The van der Waals surface area contributed by atoms with Gasteiger partial charge in [-0.3, -0.25) is 0 Å². The zero-order valence-corrected chi connectivity index (χ0v) is 11.2. The Morgan fingerprint density at radius 2 is 1.83 bits per heavy atom. The fourth-order valence-corrected chi connectivity index (χ4v) is 2.32. The number of hydrogen-bond donors (Lipinski definition) is 0. The monoisotopic (exact) mass is 239 g/mol. The molecule has 0 aliphatic rings. The molecule has 0 radical (unpaired) electrons. The Balaban J connectivity index is 2.73. The summed E-state index contributed by atoms with van der Waals surface area (Å²) in [5.74, 6) is 0.265. The van der Waals surface area contributed by atoms with Crippen LogP contribution in [0.4, 0.5) is 0 Å². The van der Waals surface area contributed by atoms with E-state index in [1.54, 1.807) is 6.20 Å². The molecule has 3 heteroatoms. The van der Waals surface area contributed by atoms with Crippen molar-refractivity contribution in [3.63, 3.8) is 0 Å². The molecule has 0 unspecified atom stereocenters. The minimum absolute atomic E-state index is 0.265. The van der Waals surface area contributed by atoms with Gasteiger partial charge in [0, 0.05) is 0 Å². The van der Waals surface area contributed by atoms with Crippen LogP contribution in [0.25, 0.3) is 5.69 Å². The molecule has 2 rings (SSSR count). The van der Waals surface area contributed by atoms with Crippen LogP contribution >= 0.6 is 0 Å². The van der Waals surface area contributed by atoms with Gasteiger partial charge in [-0.15, -0.1) is 0 Å². The summed E-state index contributed by atoms with van der Waals surface area (Å²) in [6.45, 7) is 8.31. The van der Waals surface area contributed by atoms with Crippen molar-refractivity contribution in [1.82, 2.24) is 9.78 Å². The molecule has 0 aliphatic heterocycles. The molecule has 3 nitrogen and oxygen atoms in total. The highest BCUT2D eigenvalue weighted by Gasteiger charge is 2.17. The summed E-state index contributed by atoms with van der Waals surface area (Å²) in [5.41, 5.74) is 5.07. The molecular weight excluding hydrogens is 222 g/mol. The van der Waals surface area contributed by atoms with E-state index in [0.717, 1.165) is 11.4 Å². The molecule has 1 aromatic carbocycles. The normalized spacial score (nSPS) is 10.7. The standard InChI is InChI=1S/C15H17N3/c1-10(2)14-13(8-16)9-17-18(14)15-11(3)6-5-7-12(15)4/h5-7,9-10H,1-4H3. The largest absolute Gasteiger partial charge is 0.236 e. The third kappa shape index (κ3) is 1.91. The van der Waals surface area contributed by atoms with Crippen LogP contribution in [0.5, 0.6) is 0 Å². The number of benzene rings is 1. The Bertz CT molecular complexity index is 595. The minimum Gasteiger partial charge on any atom is -0.236 e. The molecule has 0 amide bonds. The van der Waals surface area contributed by atoms with Crippen molar-refractivity contribution in [2.45, 2.75) is 33.6 Å². The molecule has 0 saturated carbocycles. The summed E-state index contributed by atoms with van der Waals surface area (Å²) >= 11 is 0. The van der Waals surface area contributed by atoms with E-state index in [-0.39, 0.29) is 5.92 Å². The molecule has 1 heterocycles. The molecule has 0 spiro atoms. The van der Waals surface area contributed by atoms with Crippen LogP contribution in [0.15, 0.2) is 24.4 Å². The molecule has 0 fully saturated rings. The van der Waals surface area contributed by atoms with E-state index in [9.17, 15) is 0 Å². The predicted molar refractivity (Wildman–Crippen MR) is 71.8 cm³/mol. The molecule has 2 aromatic rings. The Hall–Kier alpha value is -2.08. The van der Waals surface area contributed by atoms with Crippen LogP contribution in [-0.2, 0) is 0 Å². The average Bonchev–Trinajstić information content (AvgIpc) is 2.72. The first-order valence-electron chi connectivity index (χ1n) is 6.11. The Morgan fingerprint density at radius 1 is 1.22 bits per heavy atom. The molecule has 0 saturated heterocycles. The number of nitriles is 1. The lowest BCUT2D eigenvalue weighted by molar-refractivity contribution is 0.727. The summed E-state index contributed by atoms with van der Waals surface area (Å²) in [6, 6.07) is 8.40. The summed E-state index contributed by atoms with van der Waals surface area (Å²) < 4.78 is 1.91. The second-order valence-electron chi connectivity index (χ2n) is 4.86. The Morgan fingerprint density at radius 3 is 2.33 bits per heavy atom. The number of aromatic nitrogens is 2. The summed E-state index contributed by atoms with van der Waals surface area (Å²) in [5, 5.41) is 13.6. The molecule has 0 aliphatic carbocycles. The van der Waals surface area contributed by atoms with Crippen molar-refractivity contribution in [2.24, 2.45) is 0 Å². The van der Waals surface area contributed by atoms with E-state index in [4.69, 9.17) is 5.26 Å². The van der Waals surface area contributed by atoms with Gasteiger partial charge in [0.1, 0.15) is 6.07 Å². The van der Waals surface area contributed by atoms with Gasteiger partial charge in [0.25, 0.3) is 0 Å². The quantitative estimate of drug-likeness (QED) is 0.805. The minimum atomic E-state index is 0.265. The lowest BCUT2D eigenvalue weighted by Gasteiger charge is -2.15. The van der Waals surface area contributed by atoms with Crippen LogP contribution in [0, 0.1) is 25.2 Å². The van der Waals surface area contributed by atoms with E-state index >= 15 is 0 Å². The van der Waals surface area contributed by atoms with Gasteiger partial charge in [-0.05, 0) is 30.9 Å². The van der Waals surface area contributed by atoms with Crippen molar-refractivity contribution in [3.8, 4) is 11.8 Å².